The number of fused-ring (bicyclic) bond motifs is 1. The molecule has 200 valence electrons. The van der Waals surface area contributed by atoms with Gasteiger partial charge in [0.2, 0.25) is 0 Å². The van der Waals surface area contributed by atoms with Crippen LogP contribution < -0.4 is 14.2 Å². The summed E-state index contributed by atoms with van der Waals surface area (Å²) in [5, 5.41) is 10.0. The van der Waals surface area contributed by atoms with Gasteiger partial charge in [-0.3, -0.25) is 9.78 Å². The van der Waals surface area contributed by atoms with Gasteiger partial charge in [-0.2, -0.15) is 0 Å². The zero-order chi connectivity index (χ0) is 27.4. The van der Waals surface area contributed by atoms with Crippen molar-refractivity contribution in [3.05, 3.63) is 77.6 Å². The van der Waals surface area contributed by atoms with Crippen molar-refractivity contribution in [2.45, 2.75) is 45.1 Å². The molecule has 0 aliphatic heterocycles. The molecule has 1 unspecified atom stereocenters. The van der Waals surface area contributed by atoms with Gasteiger partial charge < -0.3 is 23.6 Å². The summed E-state index contributed by atoms with van der Waals surface area (Å²) >= 11 is -1.38. The van der Waals surface area contributed by atoms with Crippen LogP contribution in [0.2, 0.25) is 0 Å². The van der Waals surface area contributed by atoms with Gasteiger partial charge in [0.25, 0.3) is 0 Å². The quantitative estimate of drug-likeness (QED) is 0.257. The second-order valence-electron chi connectivity index (χ2n) is 9.64. The number of carboxylic acid groups (broad SMARTS) is 1. The molecule has 0 spiro atoms. The van der Waals surface area contributed by atoms with E-state index < -0.39 is 27.9 Å². The van der Waals surface area contributed by atoms with Gasteiger partial charge >= 0.3 is 5.97 Å². The third-order valence-corrected chi connectivity index (χ3v) is 7.32. The van der Waals surface area contributed by atoms with E-state index in [1.54, 1.807) is 36.4 Å². The number of benzene rings is 2. The highest BCUT2D eigenvalue weighted by atomic mass is 32.2. The molecule has 10 heteroatoms. The molecule has 1 atom stereocenters. The summed E-state index contributed by atoms with van der Waals surface area (Å²) < 4.78 is 47.3. The van der Waals surface area contributed by atoms with Gasteiger partial charge in [0.05, 0.1) is 32.0 Å². The number of nitrogens with one attached hydrogen (secondary N) is 1. The van der Waals surface area contributed by atoms with Gasteiger partial charge in [-0.05, 0) is 56.7 Å². The summed E-state index contributed by atoms with van der Waals surface area (Å²) in [4.78, 5) is 15.4. The first-order chi connectivity index (χ1) is 18.1. The summed E-state index contributed by atoms with van der Waals surface area (Å²) in [6.45, 7) is 5.57. The first-order valence-electron chi connectivity index (χ1n) is 11.9. The van der Waals surface area contributed by atoms with E-state index in [2.05, 4.69) is 9.71 Å². The van der Waals surface area contributed by atoms with Crippen molar-refractivity contribution < 1.29 is 32.7 Å². The van der Waals surface area contributed by atoms with Crippen molar-refractivity contribution in [1.82, 2.24) is 9.71 Å². The van der Waals surface area contributed by atoms with E-state index in [1.807, 2.05) is 26.8 Å². The van der Waals surface area contributed by atoms with Crippen molar-refractivity contribution in [1.29, 1.82) is 0 Å². The first-order valence-corrected chi connectivity index (χ1v) is 13.0. The standard InChI is InChI=1S/C28H29FN2O6S/c1-28(2,3)38(34)31-15-23-26(29)21(7-9-30-23)22-12-17(11-19-8-10-36-27(19)22)16-37-24-14-20(35-4)6-5-18(24)13-25(32)33/h5-12,14,31H,13,15-16H2,1-4H3,(H,32,33). The number of furan rings is 1. The Morgan fingerprint density at radius 3 is 2.68 bits per heavy atom. The molecule has 8 nitrogen and oxygen atoms in total. The van der Waals surface area contributed by atoms with Crippen molar-refractivity contribution in [3.8, 4) is 22.6 Å². The Labute approximate surface area is 223 Å². The van der Waals surface area contributed by atoms with Crippen LogP contribution >= 0.6 is 0 Å². The van der Waals surface area contributed by atoms with Crippen molar-refractivity contribution in [3.63, 3.8) is 0 Å². The van der Waals surface area contributed by atoms with Crippen LogP contribution in [0.4, 0.5) is 4.39 Å². The Bertz CT molecular complexity index is 1450. The molecule has 0 radical (unpaired) electrons. The number of carboxylic acids is 1. The summed E-state index contributed by atoms with van der Waals surface area (Å²) in [6, 6.07) is 11.9. The lowest BCUT2D eigenvalue weighted by atomic mass is 10.00. The molecular weight excluding hydrogens is 511 g/mol. The summed E-state index contributed by atoms with van der Waals surface area (Å²) in [5.74, 6) is -0.603. The topological polar surface area (TPSA) is 117 Å². The van der Waals surface area contributed by atoms with Gasteiger partial charge in [-0.1, -0.05) is 6.07 Å². The predicted molar refractivity (Wildman–Crippen MR) is 143 cm³/mol. The summed E-state index contributed by atoms with van der Waals surface area (Å²) in [6.07, 6.45) is 2.83. The molecule has 0 bridgehead atoms. The van der Waals surface area contributed by atoms with Crippen LogP contribution in [0.3, 0.4) is 0 Å². The van der Waals surface area contributed by atoms with Gasteiger partial charge in [0.1, 0.15) is 28.4 Å². The van der Waals surface area contributed by atoms with Crippen molar-refractivity contribution >= 4 is 28.3 Å². The fourth-order valence-electron chi connectivity index (χ4n) is 3.86. The van der Waals surface area contributed by atoms with Crippen LogP contribution in [-0.2, 0) is 35.7 Å². The van der Waals surface area contributed by atoms with Crippen LogP contribution in [0.25, 0.3) is 22.1 Å². The fraction of sp³-hybridized carbons (Fsp3) is 0.286. The zero-order valence-electron chi connectivity index (χ0n) is 21.5. The second kappa shape index (κ2) is 11.4. The minimum absolute atomic E-state index is 0.00412. The van der Waals surface area contributed by atoms with Gasteiger partial charge in [0, 0.05) is 45.7 Å². The Morgan fingerprint density at radius 2 is 1.97 bits per heavy atom. The Morgan fingerprint density at radius 1 is 1.18 bits per heavy atom. The van der Waals surface area contributed by atoms with Crippen LogP contribution in [0, 0.1) is 5.82 Å². The highest BCUT2D eigenvalue weighted by Crippen LogP contribution is 2.34. The van der Waals surface area contributed by atoms with E-state index >= 15 is 4.39 Å². The number of rotatable bonds is 10. The Balaban J connectivity index is 1.65. The lowest BCUT2D eigenvalue weighted by Gasteiger charge is -2.23. The number of hydrogen-bond donors (Lipinski definition) is 2. The molecule has 4 aromatic rings. The zero-order valence-corrected chi connectivity index (χ0v) is 22.4. The third-order valence-electron chi connectivity index (χ3n) is 5.80. The number of carbonyl (C=O) groups is 1. The number of methoxy groups -OCH3 is 1. The highest BCUT2D eigenvalue weighted by Gasteiger charge is 2.27. The van der Waals surface area contributed by atoms with Gasteiger partial charge in [0.15, 0.2) is 5.82 Å². The molecule has 0 aliphatic carbocycles. The molecule has 0 amide bonds. The Hall–Kier alpha value is -3.60. The maximum absolute atomic E-state index is 15.6. The highest BCUT2D eigenvalue weighted by molar-refractivity contribution is 7.90. The maximum atomic E-state index is 15.6. The third kappa shape index (κ3) is 6.27. The summed E-state index contributed by atoms with van der Waals surface area (Å²) in [7, 11) is 1.52. The van der Waals surface area contributed by atoms with Crippen molar-refractivity contribution in [2.24, 2.45) is 0 Å². The lowest BCUT2D eigenvalue weighted by Crippen LogP contribution is -2.39. The predicted octanol–water partition coefficient (Wildman–Crippen LogP) is 5.40. The fourth-order valence-corrected chi connectivity index (χ4v) is 4.56. The van der Waals surface area contributed by atoms with E-state index in [0.29, 0.717) is 28.2 Å². The molecule has 38 heavy (non-hydrogen) atoms. The minimum Gasteiger partial charge on any atom is -0.598 e. The van der Waals surface area contributed by atoms with Crippen LogP contribution in [0.5, 0.6) is 11.5 Å². The van der Waals surface area contributed by atoms with E-state index in [9.17, 15) is 14.5 Å². The molecule has 2 aromatic heterocycles. The number of nitrogens with zero attached hydrogens (tertiary/aromatic N) is 1. The summed E-state index contributed by atoms with van der Waals surface area (Å²) in [5.41, 5.74) is 2.67. The van der Waals surface area contributed by atoms with Crippen LogP contribution in [0.1, 0.15) is 37.6 Å². The normalized spacial score (nSPS) is 12.5. The number of ether oxygens (including phenoxy) is 2. The maximum Gasteiger partial charge on any atom is 0.307 e. The molecule has 4 rings (SSSR count). The molecule has 0 fully saturated rings. The molecule has 0 aliphatic rings. The lowest BCUT2D eigenvalue weighted by molar-refractivity contribution is -0.136. The number of halogens is 1. The van der Waals surface area contributed by atoms with E-state index in [-0.39, 0.29) is 30.8 Å². The molecule has 2 heterocycles. The molecule has 0 saturated carbocycles. The molecular formula is C28H29FN2O6S. The molecule has 2 aromatic carbocycles. The SMILES string of the molecule is COc1ccc(CC(=O)O)c(OCc2cc(-c3ccnc(CN[S+]([O-])C(C)(C)C)c3F)c3occc3c2)c1. The van der Waals surface area contributed by atoms with Crippen LogP contribution in [-0.4, -0.2) is 32.5 Å². The minimum atomic E-state index is -1.38. The average molecular weight is 541 g/mol. The van der Waals surface area contributed by atoms with E-state index in [4.69, 9.17) is 13.9 Å². The van der Waals surface area contributed by atoms with Crippen molar-refractivity contribution in [2.75, 3.05) is 7.11 Å². The van der Waals surface area contributed by atoms with Gasteiger partial charge in [-0.25, -0.2) is 4.39 Å². The number of aromatic nitrogens is 1. The number of aliphatic carboxylic acids is 1. The monoisotopic (exact) mass is 540 g/mol. The number of pyridine rings is 1. The Kier molecular flexibility index (Phi) is 8.25. The first kappa shape index (κ1) is 27.4. The van der Waals surface area contributed by atoms with E-state index in [0.717, 1.165) is 10.9 Å². The van der Waals surface area contributed by atoms with Gasteiger partial charge in [-0.15, -0.1) is 4.72 Å². The average Bonchev–Trinajstić information content (AvgIpc) is 3.35. The number of hydrogen-bond acceptors (Lipinski definition) is 7. The second-order valence-corrected chi connectivity index (χ2v) is 11.7. The largest absolute Gasteiger partial charge is 0.598 e. The molecule has 0 saturated heterocycles. The smallest absolute Gasteiger partial charge is 0.307 e. The van der Waals surface area contributed by atoms with Crippen LogP contribution in [0.15, 0.2) is 59.3 Å². The van der Waals surface area contributed by atoms with E-state index in [1.165, 1.54) is 19.6 Å². The molecule has 2 N–H and O–H groups in total.